The predicted molar refractivity (Wildman–Crippen MR) is 79.4 cm³/mol. The van der Waals surface area contributed by atoms with Gasteiger partial charge in [0.1, 0.15) is 11.3 Å². The number of nitrogens with zero attached hydrogens (tertiary/aromatic N) is 4. The first kappa shape index (κ1) is 12.4. The molecular formula is C15H17N5O. The molecule has 0 spiro atoms. The van der Waals surface area contributed by atoms with Crippen LogP contribution in [-0.2, 0) is 0 Å². The van der Waals surface area contributed by atoms with Gasteiger partial charge in [-0.25, -0.2) is 4.98 Å². The largest absolute Gasteiger partial charge is 0.423 e. The van der Waals surface area contributed by atoms with Gasteiger partial charge in [0.15, 0.2) is 11.4 Å². The monoisotopic (exact) mass is 283 g/mol. The molecule has 0 bridgehead atoms. The lowest BCUT2D eigenvalue weighted by Gasteiger charge is -2.11. The first-order chi connectivity index (χ1) is 10.2. The van der Waals surface area contributed by atoms with E-state index in [1.165, 1.54) is 5.56 Å². The summed E-state index contributed by atoms with van der Waals surface area (Å²) >= 11 is 0. The molecule has 2 aromatic heterocycles. The second-order valence-corrected chi connectivity index (χ2v) is 5.68. The number of oxazole rings is 1. The van der Waals surface area contributed by atoms with E-state index < -0.39 is 0 Å². The van der Waals surface area contributed by atoms with Gasteiger partial charge in [-0.1, -0.05) is 6.07 Å². The standard InChI is InChI=1S/C15H17N5O/c1-9-3-4-13-12(7-9)17-15(21-13)20-6-5-11(8-20)14-16-10(2)18-19-14/h3-4,7,11H,5-6,8H2,1-2H3,(H,16,18,19). The van der Waals surface area contributed by atoms with Gasteiger partial charge < -0.3 is 9.32 Å². The van der Waals surface area contributed by atoms with Crippen molar-refractivity contribution in [3.8, 4) is 0 Å². The molecule has 3 heterocycles. The summed E-state index contributed by atoms with van der Waals surface area (Å²) in [5.41, 5.74) is 2.95. The molecule has 1 fully saturated rings. The molecule has 0 saturated carbocycles. The molecule has 1 aliphatic rings. The van der Waals surface area contributed by atoms with Crippen LogP contribution in [0.1, 0.15) is 29.6 Å². The van der Waals surface area contributed by atoms with Gasteiger partial charge >= 0.3 is 0 Å². The molecule has 1 unspecified atom stereocenters. The molecule has 21 heavy (non-hydrogen) atoms. The smallest absolute Gasteiger partial charge is 0.298 e. The molecule has 6 nitrogen and oxygen atoms in total. The number of nitrogens with one attached hydrogen (secondary N) is 1. The van der Waals surface area contributed by atoms with E-state index in [-0.39, 0.29) is 0 Å². The van der Waals surface area contributed by atoms with E-state index in [0.717, 1.165) is 42.3 Å². The molecule has 0 amide bonds. The molecule has 0 radical (unpaired) electrons. The molecule has 1 aromatic carbocycles. The molecule has 3 aromatic rings. The molecule has 1 N–H and O–H groups in total. The van der Waals surface area contributed by atoms with E-state index in [0.29, 0.717) is 11.9 Å². The van der Waals surface area contributed by atoms with Gasteiger partial charge in [0.05, 0.1) is 0 Å². The Labute approximate surface area is 122 Å². The SMILES string of the molecule is Cc1ccc2oc(N3CCC(c4n[nH]c(C)n4)C3)nc2c1. The minimum absolute atomic E-state index is 0.340. The Kier molecular flexibility index (Phi) is 2.70. The van der Waals surface area contributed by atoms with E-state index in [2.05, 4.69) is 38.1 Å². The minimum Gasteiger partial charge on any atom is -0.423 e. The number of aromatic nitrogens is 4. The zero-order valence-electron chi connectivity index (χ0n) is 12.1. The van der Waals surface area contributed by atoms with Crippen LogP contribution in [0.15, 0.2) is 22.6 Å². The second-order valence-electron chi connectivity index (χ2n) is 5.68. The van der Waals surface area contributed by atoms with Gasteiger partial charge in [0, 0.05) is 19.0 Å². The third-order valence-corrected chi connectivity index (χ3v) is 3.97. The molecule has 0 aliphatic carbocycles. The van der Waals surface area contributed by atoms with Gasteiger partial charge in [-0.2, -0.15) is 10.1 Å². The van der Waals surface area contributed by atoms with Crippen molar-refractivity contribution in [1.82, 2.24) is 20.2 Å². The minimum atomic E-state index is 0.340. The van der Waals surface area contributed by atoms with Crippen LogP contribution in [0.3, 0.4) is 0 Å². The molecular weight excluding hydrogens is 266 g/mol. The number of rotatable bonds is 2. The van der Waals surface area contributed by atoms with Gasteiger partial charge in [-0.05, 0) is 38.0 Å². The Balaban J connectivity index is 1.59. The maximum Gasteiger partial charge on any atom is 0.298 e. The average Bonchev–Trinajstić information content (AvgIpc) is 3.14. The average molecular weight is 283 g/mol. The summed E-state index contributed by atoms with van der Waals surface area (Å²) in [6.45, 7) is 5.75. The summed E-state index contributed by atoms with van der Waals surface area (Å²) in [7, 11) is 0. The van der Waals surface area contributed by atoms with Crippen molar-refractivity contribution in [2.45, 2.75) is 26.2 Å². The summed E-state index contributed by atoms with van der Waals surface area (Å²) in [5, 5.41) is 7.18. The lowest BCUT2D eigenvalue weighted by molar-refractivity contribution is 0.583. The van der Waals surface area contributed by atoms with Crippen molar-refractivity contribution in [2.75, 3.05) is 18.0 Å². The van der Waals surface area contributed by atoms with Gasteiger partial charge in [-0.15, -0.1) is 0 Å². The summed E-state index contributed by atoms with van der Waals surface area (Å²) < 4.78 is 5.86. The van der Waals surface area contributed by atoms with Crippen molar-refractivity contribution >= 4 is 17.1 Å². The van der Waals surface area contributed by atoms with Crippen LogP contribution in [0, 0.1) is 13.8 Å². The van der Waals surface area contributed by atoms with Crippen LogP contribution in [0.4, 0.5) is 6.01 Å². The van der Waals surface area contributed by atoms with Crippen LogP contribution in [0.2, 0.25) is 0 Å². The van der Waals surface area contributed by atoms with E-state index in [9.17, 15) is 0 Å². The Morgan fingerprint density at radius 1 is 1.29 bits per heavy atom. The normalized spacial score (nSPS) is 18.8. The number of anilines is 1. The third kappa shape index (κ3) is 2.16. The van der Waals surface area contributed by atoms with Gasteiger partial charge in [-0.3, -0.25) is 5.10 Å². The van der Waals surface area contributed by atoms with Crippen LogP contribution < -0.4 is 4.90 Å². The first-order valence-corrected chi connectivity index (χ1v) is 7.20. The molecule has 108 valence electrons. The van der Waals surface area contributed by atoms with Crippen molar-refractivity contribution in [3.63, 3.8) is 0 Å². The summed E-state index contributed by atoms with van der Waals surface area (Å²) in [6.07, 6.45) is 1.02. The van der Waals surface area contributed by atoms with Crippen LogP contribution in [0.25, 0.3) is 11.1 Å². The highest BCUT2D eigenvalue weighted by Crippen LogP contribution is 2.30. The first-order valence-electron chi connectivity index (χ1n) is 7.20. The highest BCUT2D eigenvalue weighted by molar-refractivity contribution is 5.75. The number of aromatic amines is 1. The fraction of sp³-hybridized carbons (Fsp3) is 0.400. The summed E-state index contributed by atoms with van der Waals surface area (Å²) in [6, 6.07) is 6.77. The van der Waals surface area contributed by atoms with Crippen molar-refractivity contribution in [3.05, 3.63) is 35.4 Å². The van der Waals surface area contributed by atoms with Gasteiger partial charge in [0.25, 0.3) is 6.01 Å². The van der Waals surface area contributed by atoms with Crippen LogP contribution >= 0.6 is 0 Å². The van der Waals surface area contributed by atoms with Crippen LogP contribution in [-0.4, -0.2) is 33.3 Å². The van der Waals surface area contributed by atoms with E-state index in [4.69, 9.17) is 4.42 Å². The Morgan fingerprint density at radius 2 is 2.19 bits per heavy atom. The number of hydrogen-bond donors (Lipinski definition) is 1. The fourth-order valence-corrected chi connectivity index (χ4v) is 2.85. The van der Waals surface area contributed by atoms with E-state index >= 15 is 0 Å². The Hall–Kier alpha value is -2.37. The lowest BCUT2D eigenvalue weighted by atomic mass is 10.1. The van der Waals surface area contributed by atoms with Gasteiger partial charge in [0.2, 0.25) is 0 Å². The van der Waals surface area contributed by atoms with Crippen LogP contribution in [0.5, 0.6) is 0 Å². The van der Waals surface area contributed by atoms with Crippen molar-refractivity contribution < 1.29 is 4.42 Å². The third-order valence-electron chi connectivity index (χ3n) is 3.97. The summed E-state index contributed by atoms with van der Waals surface area (Å²) in [5.74, 6) is 2.09. The number of benzene rings is 1. The van der Waals surface area contributed by atoms with E-state index in [1.54, 1.807) is 0 Å². The van der Waals surface area contributed by atoms with Crippen molar-refractivity contribution in [1.29, 1.82) is 0 Å². The Bertz CT molecular complexity index is 790. The highest BCUT2D eigenvalue weighted by Gasteiger charge is 2.29. The zero-order chi connectivity index (χ0) is 14.4. The molecule has 1 atom stereocenters. The number of H-pyrrole nitrogens is 1. The zero-order valence-corrected chi connectivity index (χ0v) is 12.1. The molecule has 4 rings (SSSR count). The number of fused-ring (bicyclic) bond motifs is 1. The second kappa shape index (κ2) is 4.58. The van der Waals surface area contributed by atoms with Crippen molar-refractivity contribution in [2.24, 2.45) is 0 Å². The maximum atomic E-state index is 5.86. The molecule has 1 saturated heterocycles. The highest BCUT2D eigenvalue weighted by atomic mass is 16.4. The number of aryl methyl sites for hydroxylation is 2. The summed E-state index contributed by atoms with van der Waals surface area (Å²) in [4.78, 5) is 11.2. The predicted octanol–water partition coefficient (Wildman–Crippen LogP) is 2.56. The van der Waals surface area contributed by atoms with E-state index in [1.807, 2.05) is 19.1 Å². The topological polar surface area (TPSA) is 70.8 Å². The quantitative estimate of drug-likeness (QED) is 0.782. The Morgan fingerprint density at radius 3 is 3.00 bits per heavy atom. The fourth-order valence-electron chi connectivity index (χ4n) is 2.85. The molecule has 1 aliphatic heterocycles. The lowest BCUT2D eigenvalue weighted by Crippen LogP contribution is -2.19. The molecule has 6 heteroatoms. The maximum absolute atomic E-state index is 5.86. The number of hydrogen-bond acceptors (Lipinski definition) is 5.